The lowest BCUT2D eigenvalue weighted by Gasteiger charge is -2.51. The first-order valence-electron chi connectivity index (χ1n) is 15.8. The van der Waals surface area contributed by atoms with Gasteiger partial charge in [0.05, 0.1) is 19.3 Å². The summed E-state index contributed by atoms with van der Waals surface area (Å²) in [5, 5.41) is 0. The van der Waals surface area contributed by atoms with E-state index >= 15 is 0 Å². The molecule has 3 aliphatic carbocycles. The molecule has 4 aliphatic rings. The van der Waals surface area contributed by atoms with Gasteiger partial charge in [-0.25, -0.2) is 9.18 Å². The third-order valence-electron chi connectivity index (χ3n) is 10.5. The van der Waals surface area contributed by atoms with Crippen LogP contribution in [-0.2, 0) is 26.8 Å². The van der Waals surface area contributed by atoms with E-state index in [0.717, 1.165) is 11.1 Å². The van der Waals surface area contributed by atoms with Crippen LogP contribution in [0.3, 0.4) is 0 Å². The number of nitrogens with zero attached hydrogens (tertiary/aromatic N) is 1. The van der Waals surface area contributed by atoms with Crippen molar-refractivity contribution in [1.82, 2.24) is 4.90 Å². The van der Waals surface area contributed by atoms with Crippen molar-refractivity contribution in [1.29, 1.82) is 0 Å². The second kappa shape index (κ2) is 13.2. The molecule has 1 heterocycles. The third-order valence-corrected chi connectivity index (χ3v) is 12.0. The fourth-order valence-corrected chi connectivity index (χ4v) is 9.38. The topological polar surface area (TPSA) is 72.9 Å². The summed E-state index contributed by atoms with van der Waals surface area (Å²) in [6.07, 6.45) is -6.55. The van der Waals surface area contributed by atoms with Crippen molar-refractivity contribution in [2.45, 2.75) is 95.5 Å². The van der Waals surface area contributed by atoms with Crippen molar-refractivity contribution in [3.05, 3.63) is 29.3 Å². The van der Waals surface area contributed by atoms with Gasteiger partial charge in [-0.1, -0.05) is 13.0 Å². The molecule has 252 valence electrons. The van der Waals surface area contributed by atoms with E-state index in [9.17, 15) is 40.1 Å². The Morgan fingerprint density at radius 3 is 2.62 bits per heavy atom. The number of carbonyl (C=O) groups is 2. The number of amides is 1. The van der Waals surface area contributed by atoms with Gasteiger partial charge >= 0.3 is 18.2 Å². The molecule has 3 fully saturated rings. The Morgan fingerprint density at radius 1 is 1.18 bits per heavy atom. The van der Waals surface area contributed by atoms with Gasteiger partial charge in [0, 0.05) is 40.7 Å². The highest BCUT2D eigenvalue weighted by atomic mass is 32.2. The van der Waals surface area contributed by atoms with Crippen LogP contribution in [0, 0.1) is 23.2 Å². The predicted octanol–water partition coefficient (Wildman–Crippen LogP) is 7.01. The van der Waals surface area contributed by atoms with Gasteiger partial charge in [-0.15, -0.1) is 0 Å². The van der Waals surface area contributed by atoms with Gasteiger partial charge in [0.1, 0.15) is 5.75 Å². The lowest BCUT2D eigenvalue weighted by Crippen LogP contribution is -2.46. The number of rotatable bonds is 9. The van der Waals surface area contributed by atoms with Crippen molar-refractivity contribution in [3.8, 4) is 5.75 Å². The van der Waals surface area contributed by atoms with Gasteiger partial charge in [0.2, 0.25) is 0 Å². The smallest absolute Gasteiger partial charge is 0.410 e. The van der Waals surface area contributed by atoms with Gasteiger partial charge < -0.3 is 14.4 Å². The Morgan fingerprint density at radius 2 is 1.91 bits per heavy atom. The molecule has 3 unspecified atom stereocenters. The molecular formula is C32H41F6NO5S. The van der Waals surface area contributed by atoms with Crippen LogP contribution in [0.5, 0.6) is 5.75 Å². The number of carbonyl (C=O) groups excluding carboxylic acids is 2. The number of ether oxygens (including phenoxy) is 2. The predicted molar refractivity (Wildman–Crippen MR) is 156 cm³/mol. The summed E-state index contributed by atoms with van der Waals surface area (Å²) in [7, 11) is -1.57. The molecule has 1 aromatic rings. The minimum absolute atomic E-state index is 0.00262. The van der Waals surface area contributed by atoms with Crippen molar-refractivity contribution in [3.63, 3.8) is 0 Å². The van der Waals surface area contributed by atoms with Crippen LogP contribution in [0.2, 0.25) is 0 Å². The Balaban J connectivity index is 1.28. The maximum absolute atomic E-state index is 14.9. The van der Waals surface area contributed by atoms with Gasteiger partial charge in [-0.05, 0) is 98.8 Å². The maximum Gasteiger partial charge on any atom is 0.453 e. The number of hydrogen-bond donors (Lipinski definition) is 0. The number of Topliss-reactive ketones (excluding diaryl/α,β-unsaturated/α-hetero) is 1. The van der Waals surface area contributed by atoms with Crippen molar-refractivity contribution in [2.24, 2.45) is 23.2 Å². The minimum atomic E-state index is -5.63. The summed E-state index contributed by atoms with van der Waals surface area (Å²) in [4.78, 5) is 27.4. The van der Waals surface area contributed by atoms with Crippen molar-refractivity contribution < 1.29 is 49.6 Å². The lowest BCUT2D eigenvalue weighted by molar-refractivity contribution is -0.284. The average Bonchev–Trinajstić information content (AvgIpc) is 3.20. The first kappa shape index (κ1) is 34.2. The molecule has 2 saturated carbocycles. The van der Waals surface area contributed by atoms with Crippen LogP contribution in [0.15, 0.2) is 18.2 Å². The second-order valence-electron chi connectivity index (χ2n) is 13.4. The second-order valence-corrected chi connectivity index (χ2v) is 15.1. The van der Waals surface area contributed by atoms with Crippen LogP contribution in [0.25, 0.3) is 0 Å². The zero-order valence-corrected chi connectivity index (χ0v) is 26.4. The number of ketones is 1. The Labute approximate surface area is 262 Å². The molecular weight excluding hydrogens is 624 g/mol. The zero-order chi connectivity index (χ0) is 32.7. The molecule has 6 nitrogen and oxygen atoms in total. The fraction of sp³-hybridized carbons (Fsp3) is 0.750. The first-order valence-corrected chi connectivity index (χ1v) is 17.3. The van der Waals surface area contributed by atoms with Gasteiger partial charge in [-0.2, -0.15) is 22.0 Å². The van der Waals surface area contributed by atoms with Crippen LogP contribution in [0.1, 0.15) is 75.8 Å². The van der Waals surface area contributed by atoms with E-state index in [0.29, 0.717) is 57.6 Å². The van der Waals surface area contributed by atoms with E-state index < -0.39 is 53.4 Å². The van der Waals surface area contributed by atoms with E-state index in [-0.39, 0.29) is 53.5 Å². The monoisotopic (exact) mass is 665 g/mol. The molecule has 0 radical (unpaired) electrons. The minimum Gasteiger partial charge on any atom is -0.410 e. The number of morpholine rings is 1. The van der Waals surface area contributed by atoms with Crippen LogP contribution >= 0.6 is 0 Å². The number of halogens is 6. The molecule has 1 amide bonds. The molecule has 0 N–H and O–H groups in total. The molecule has 8 atom stereocenters. The normalized spacial score (nSPS) is 32.4. The van der Waals surface area contributed by atoms with E-state index in [1.54, 1.807) is 11.0 Å². The Bertz CT molecular complexity index is 1290. The van der Waals surface area contributed by atoms with Crippen molar-refractivity contribution >= 4 is 22.7 Å². The van der Waals surface area contributed by atoms with E-state index in [2.05, 4.69) is 0 Å². The third kappa shape index (κ3) is 7.09. The van der Waals surface area contributed by atoms with Crippen LogP contribution in [0.4, 0.5) is 31.1 Å². The number of benzene rings is 1. The zero-order valence-electron chi connectivity index (χ0n) is 25.6. The maximum atomic E-state index is 14.9. The summed E-state index contributed by atoms with van der Waals surface area (Å²) in [6, 6.07) is 5.60. The van der Waals surface area contributed by atoms with E-state index in [1.165, 1.54) is 0 Å². The Hall–Kier alpha value is -2.15. The highest BCUT2D eigenvalue weighted by molar-refractivity contribution is 7.84. The quantitative estimate of drug-likeness (QED) is 0.266. The number of hydrogen-bond acceptors (Lipinski definition) is 5. The number of alkyl halides is 6. The van der Waals surface area contributed by atoms with Gasteiger partial charge in [-0.3, -0.25) is 9.00 Å². The molecule has 5 rings (SSSR count). The molecule has 45 heavy (non-hydrogen) atoms. The van der Waals surface area contributed by atoms with Crippen LogP contribution < -0.4 is 4.74 Å². The molecule has 0 spiro atoms. The largest absolute Gasteiger partial charge is 0.453 e. The SMILES string of the molecule is CC1CN(C(=O)Oc2ccc3c(c2)C[C@@H](CCCS(=O)CCCC(F)(F)C(F)(F)F)[C@@H]2[C@@H]3CC[C@]3(C)C(=O)C(F)C[C@@H]23)CCO1. The lowest BCUT2D eigenvalue weighted by atomic mass is 9.52. The van der Waals surface area contributed by atoms with E-state index in [1.807, 2.05) is 26.0 Å². The number of fused-ring (bicyclic) bond motifs is 5. The fourth-order valence-electron chi connectivity index (χ4n) is 8.22. The summed E-state index contributed by atoms with van der Waals surface area (Å²) in [6.45, 7) is 5.04. The average molecular weight is 666 g/mol. The summed E-state index contributed by atoms with van der Waals surface area (Å²) in [5.74, 6) is -4.93. The highest BCUT2D eigenvalue weighted by Gasteiger charge is 2.60. The molecule has 13 heteroatoms. The molecule has 0 bridgehead atoms. The van der Waals surface area contributed by atoms with Crippen molar-refractivity contribution in [2.75, 3.05) is 31.2 Å². The standard InChI is InChI=1S/C32H41F6NO5S/c1-19-18-39(11-12-43-19)29(41)44-22-6-7-23-21(16-22)15-20(5-3-13-45(42)14-4-9-31(34,35)32(36,37)38)27-24(23)8-10-30(2)25(27)17-26(33)28(30)40/h6-7,16,19-20,24-27H,3-5,8-15,17-18H2,1-2H3/t19?,20-,24-,25+,26?,27-,30+,45?/m1/s1. The van der Waals surface area contributed by atoms with Gasteiger partial charge in [0.15, 0.2) is 12.0 Å². The summed E-state index contributed by atoms with van der Waals surface area (Å²) in [5.41, 5.74) is 1.34. The molecule has 1 aromatic carbocycles. The first-order chi connectivity index (χ1) is 21.1. The summed E-state index contributed by atoms with van der Waals surface area (Å²) >= 11 is 0. The van der Waals surface area contributed by atoms with E-state index in [4.69, 9.17) is 9.47 Å². The molecule has 1 aliphatic heterocycles. The highest BCUT2D eigenvalue weighted by Crippen LogP contribution is 2.62. The Kier molecular flexibility index (Phi) is 10.00. The van der Waals surface area contributed by atoms with Crippen LogP contribution in [-0.4, -0.2) is 76.6 Å². The molecule has 1 saturated heterocycles. The van der Waals surface area contributed by atoms with Gasteiger partial charge in [0.25, 0.3) is 0 Å². The molecule has 0 aromatic heterocycles. The summed E-state index contributed by atoms with van der Waals surface area (Å²) < 4.78 is 103.